The van der Waals surface area contributed by atoms with Gasteiger partial charge in [-0.15, -0.1) is 0 Å². The fraction of sp³-hybridized carbons (Fsp3) is 0.278. The van der Waals surface area contributed by atoms with Gasteiger partial charge >= 0.3 is 0 Å². The van der Waals surface area contributed by atoms with Gasteiger partial charge in [0, 0.05) is 6.07 Å². The predicted octanol–water partition coefficient (Wildman–Crippen LogP) is 4.13. The van der Waals surface area contributed by atoms with E-state index in [9.17, 15) is 14.9 Å². The van der Waals surface area contributed by atoms with Crippen molar-refractivity contribution in [2.24, 2.45) is 0 Å². The number of nitrogens with zero attached hydrogens (tertiary/aromatic N) is 1. The topological polar surface area (TPSA) is 81.5 Å². The first kappa shape index (κ1) is 17.5. The summed E-state index contributed by atoms with van der Waals surface area (Å²) in [6.07, 6.45) is 1.05. The van der Waals surface area contributed by atoms with Gasteiger partial charge in [-0.05, 0) is 36.1 Å². The van der Waals surface area contributed by atoms with Gasteiger partial charge < -0.3 is 10.1 Å². The number of carbonyl (C=O) groups is 1. The first-order chi connectivity index (χ1) is 11.5. The number of hydrogen-bond donors (Lipinski definition) is 1. The number of ether oxygens (including phenoxy) is 1. The van der Waals surface area contributed by atoms with Gasteiger partial charge in [-0.3, -0.25) is 14.9 Å². The molecule has 0 unspecified atom stereocenters. The second-order valence-corrected chi connectivity index (χ2v) is 5.49. The average Bonchev–Trinajstić information content (AvgIpc) is 2.60. The maximum Gasteiger partial charge on any atom is 0.292 e. The smallest absolute Gasteiger partial charge is 0.292 e. The van der Waals surface area contributed by atoms with E-state index in [0.29, 0.717) is 11.7 Å². The second-order valence-electron chi connectivity index (χ2n) is 5.49. The SMILES string of the molecule is CC[C@H](C)c1ccc(OCC(=O)Nc2ccccc2[N+](=O)[O-])cc1. The van der Waals surface area contributed by atoms with Crippen molar-refractivity contribution in [3.05, 3.63) is 64.2 Å². The van der Waals surface area contributed by atoms with Crippen LogP contribution in [0.3, 0.4) is 0 Å². The molecule has 0 spiro atoms. The summed E-state index contributed by atoms with van der Waals surface area (Å²) in [6.45, 7) is 4.06. The highest BCUT2D eigenvalue weighted by Crippen LogP contribution is 2.23. The molecule has 0 heterocycles. The summed E-state index contributed by atoms with van der Waals surface area (Å²) in [5.41, 5.74) is 1.22. The monoisotopic (exact) mass is 328 g/mol. The minimum absolute atomic E-state index is 0.149. The summed E-state index contributed by atoms with van der Waals surface area (Å²) in [6, 6.07) is 13.6. The molecule has 2 rings (SSSR count). The molecule has 6 nitrogen and oxygen atoms in total. The van der Waals surface area contributed by atoms with Crippen LogP contribution in [0, 0.1) is 10.1 Å². The van der Waals surface area contributed by atoms with Crippen LogP contribution in [0.25, 0.3) is 0 Å². The van der Waals surface area contributed by atoms with E-state index in [2.05, 4.69) is 19.2 Å². The second kappa shape index (κ2) is 8.10. The van der Waals surface area contributed by atoms with Gasteiger partial charge in [0.15, 0.2) is 6.61 Å². The third kappa shape index (κ3) is 4.55. The predicted molar refractivity (Wildman–Crippen MR) is 92.4 cm³/mol. The van der Waals surface area contributed by atoms with Crippen LogP contribution in [-0.2, 0) is 4.79 Å². The van der Waals surface area contributed by atoms with Gasteiger partial charge in [0.05, 0.1) is 4.92 Å². The number of nitro groups is 1. The molecule has 0 aliphatic rings. The Balaban J connectivity index is 1.93. The van der Waals surface area contributed by atoms with Crippen molar-refractivity contribution < 1.29 is 14.5 Å². The molecular weight excluding hydrogens is 308 g/mol. The van der Waals surface area contributed by atoms with Gasteiger partial charge in [0.25, 0.3) is 11.6 Å². The van der Waals surface area contributed by atoms with Crippen LogP contribution in [0.15, 0.2) is 48.5 Å². The highest BCUT2D eigenvalue weighted by Gasteiger charge is 2.15. The first-order valence-corrected chi connectivity index (χ1v) is 7.77. The van der Waals surface area contributed by atoms with Crippen molar-refractivity contribution in [3.8, 4) is 5.75 Å². The molecule has 24 heavy (non-hydrogen) atoms. The van der Waals surface area contributed by atoms with E-state index < -0.39 is 10.8 Å². The standard InChI is InChI=1S/C18H20N2O4/c1-3-13(2)14-8-10-15(11-9-14)24-12-18(21)19-16-6-4-5-7-17(16)20(22)23/h4-11,13H,3,12H2,1-2H3,(H,19,21)/t13-/m0/s1. The molecule has 0 saturated carbocycles. The molecule has 0 aliphatic heterocycles. The summed E-state index contributed by atoms with van der Waals surface area (Å²) in [4.78, 5) is 22.3. The van der Waals surface area contributed by atoms with Crippen LogP contribution in [-0.4, -0.2) is 17.4 Å². The Morgan fingerprint density at radius 3 is 2.50 bits per heavy atom. The molecule has 0 aliphatic carbocycles. The Kier molecular flexibility index (Phi) is 5.89. The van der Waals surface area contributed by atoms with Gasteiger partial charge in [-0.2, -0.15) is 0 Å². The number of amides is 1. The van der Waals surface area contributed by atoms with Crippen molar-refractivity contribution in [2.45, 2.75) is 26.2 Å². The maximum atomic E-state index is 11.9. The number of nitro benzene ring substituents is 1. The Morgan fingerprint density at radius 1 is 1.21 bits per heavy atom. The van der Waals surface area contributed by atoms with E-state index in [-0.39, 0.29) is 18.0 Å². The molecule has 0 bridgehead atoms. The largest absolute Gasteiger partial charge is 0.484 e. The molecule has 126 valence electrons. The molecule has 1 N–H and O–H groups in total. The van der Waals surface area contributed by atoms with Gasteiger partial charge in [-0.1, -0.05) is 38.1 Å². The number of rotatable bonds is 7. The summed E-state index contributed by atoms with van der Waals surface area (Å²) < 4.78 is 5.43. The van der Waals surface area contributed by atoms with E-state index in [1.54, 1.807) is 12.1 Å². The summed E-state index contributed by atoms with van der Waals surface area (Å²) >= 11 is 0. The molecule has 1 amide bonds. The number of carbonyl (C=O) groups excluding carboxylic acids is 1. The van der Waals surface area contributed by atoms with E-state index >= 15 is 0 Å². The van der Waals surface area contributed by atoms with Crippen LogP contribution >= 0.6 is 0 Å². The van der Waals surface area contributed by atoms with Crippen LogP contribution < -0.4 is 10.1 Å². The molecule has 2 aromatic carbocycles. The van der Waals surface area contributed by atoms with E-state index in [1.807, 2.05) is 24.3 Å². The number of benzene rings is 2. The third-order valence-electron chi connectivity index (χ3n) is 3.81. The summed E-state index contributed by atoms with van der Waals surface area (Å²) in [7, 11) is 0. The molecular formula is C18H20N2O4. The fourth-order valence-electron chi connectivity index (χ4n) is 2.20. The van der Waals surface area contributed by atoms with Gasteiger partial charge in [-0.25, -0.2) is 0 Å². The van der Waals surface area contributed by atoms with Gasteiger partial charge in [0.1, 0.15) is 11.4 Å². The Hall–Kier alpha value is -2.89. The van der Waals surface area contributed by atoms with E-state index in [4.69, 9.17) is 4.74 Å². The Morgan fingerprint density at radius 2 is 1.88 bits per heavy atom. The highest BCUT2D eigenvalue weighted by molar-refractivity contribution is 5.94. The lowest BCUT2D eigenvalue weighted by molar-refractivity contribution is -0.383. The highest BCUT2D eigenvalue weighted by atomic mass is 16.6. The lowest BCUT2D eigenvalue weighted by Gasteiger charge is -2.11. The first-order valence-electron chi connectivity index (χ1n) is 7.77. The Bertz CT molecular complexity index is 713. The van der Waals surface area contributed by atoms with Crippen LogP contribution in [0.4, 0.5) is 11.4 Å². The molecule has 0 fully saturated rings. The summed E-state index contributed by atoms with van der Waals surface area (Å²) in [5.74, 6) is 0.607. The maximum absolute atomic E-state index is 11.9. The third-order valence-corrected chi connectivity index (χ3v) is 3.81. The lowest BCUT2D eigenvalue weighted by Crippen LogP contribution is -2.20. The molecule has 6 heteroatoms. The average molecular weight is 328 g/mol. The molecule has 0 aromatic heterocycles. The quantitative estimate of drug-likeness (QED) is 0.612. The summed E-state index contributed by atoms with van der Waals surface area (Å²) in [5, 5.41) is 13.4. The number of hydrogen-bond acceptors (Lipinski definition) is 4. The van der Waals surface area contributed by atoms with E-state index in [0.717, 1.165) is 6.42 Å². The molecule has 2 aromatic rings. The van der Waals surface area contributed by atoms with E-state index in [1.165, 1.54) is 17.7 Å². The zero-order valence-electron chi connectivity index (χ0n) is 13.7. The van der Waals surface area contributed by atoms with Gasteiger partial charge in [0.2, 0.25) is 0 Å². The zero-order chi connectivity index (χ0) is 17.5. The van der Waals surface area contributed by atoms with Crippen LogP contribution in [0.5, 0.6) is 5.75 Å². The fourth-order valence-corrected chi connectivity index (χ4v) is 2.20. The van der Waals surface area contributed by atoms with Crippen molar-refractivity contribution >= 4 is 17.3 Å². The molecule has 0 radical (unpaired) electrons. The lowest BCUT2D eigenvalue weighted by atomic mass is 9.99. The number of anilines is 1. The van der Waals surface area contributed by atoms with Crippen molar-refractivity contribution in [2.75, 3.05) is 11.9 Å². The Labute approximate surface area is 140 Å². The molecule has 0 saturated heterocycles. The minimum atomic E-state index is -0.538. The van der Waals surface area contributed by atoms with Crippen molar-refractivity contribution in [1.82, 2.24) is 0 Å². The van der Waals surface area contributed by atoms with Crippen LogP contribution in [0.2, 0.25) is 0 Å². The van der Waals surface area contributed by atoms with Crippen LogP contribution in [0.1, 0.15) is 31.7 Å². The minimum Gasteiger partial charge on any atom is -0.484 e. The number of para-hydroxylation sites is 2. The zero-order valence-corrected chi connectivity index (χ0v) is 13.7. The molecule has 1 atom stereocenters. The number of nitrogens with one attached hydrogen (secondary N) is 1. The van der Waals surface area contributed by atoms with Crippen molar-refractivity contribution in [1.29, 1.82) is 0 Å². The normalized spacial score (nSPS) is 11.6. The van der Waals surface area contributed by atoms with Crippen molar-refractivity contribution in [3.63, 3.8) is 0 Å².